The van der Waals surface area contributed by atoms with Crippen LogP contribution in [0.5, 0.6) is 0 Å². The van der Waals surface area contributed by atoms with E-state index in [-0.39, 0.29) is 0 Å². The minimum absolute atomic E-state index is 0.342. The fourth-order valence-electron chi connectivity index (χ4n) is 2.26. The molecule has 1 atom stereocenters. The molecule has 1 heterocycles. The molecule has 18 heavy (non-hydrogen) atoms. The van der Waals surface area contributed by atoms with Gasteiger partial charge in [0.2, 0.25) is 0 Å². The lowest BCUT2D eigenvalue weighted by atomic mass is 9.96. The molecular weight excluding hydrogens is 220 g/mol. The molecule has 1 unspecified atom stereocenters. The molecule has 0 bridgehead atoms. The van der Waals surface area contributed by atoms with Gasteiger partial charge in [-0.15, -0.1) is 6.58 Å². The molecular formula is C16H20N2. The SMILES string of the molecule is C=CC(CCCC)C1=c2ccccc2=CC=NN1. The Morgan fingerprint density at radius 2 is 2.22 bits per heavy atom. The molecule has 1 aromatic carbocycles. The first-order valence-electron chi connectivity index (χ1n) is 6.58. The monoisotopic (exact) mass is 240 g/mol. The van der Waals surface area contributed by atoms with Gasteiger partial charge in [0, 0.05) is 23.0 Å². The molecule has 0 saturated heterocycles. The average Bonchev–Trinajstić information content (AvgIpc) is 2.63. The van der Waals surface area contributed by atoms with Crippen molar-refractivity contribution in [1.82, 2.24) is 5.43 Å². The maximum Gasteiger partial charge on any atom is 0.0482 e. The summed E-state index contributed by atoms with van der Waals surface area (Å²) in [6.45, 7) is 6.18. The Hall–Kier alpha value is -1.83. The van der Waals surface area contributed by atoms with Crippen molar-refractivity contribution in [3.05, 3.63) is 47.4 Å². The molecule has 0 saturated carbocycles. The lowest BCUT2D eigenvalue weighted by Gasteiger charge is -2.16. The van der Waals surface area contributed by atoms with E-state index in [1.54, 1.807) is 0 Å². The lowest BCUT2D eigenvalue weighted by Crippen LogP contribution is -2.31. The number of nitrogens with zero attached hydrogens (tertiary/aromatic N) is 1. The van der Waals surface area contributed by atoms with Crippen molar-refractivity contribution in [2.45, 2.75) is 26.2 Å². The maximum absolute atomic E-state index is 4.23. The fourth-order valence-corrected chi connectivity index (χ4v) is 2.26. The van der Waals surface area contributed by atoms with Gasteiger partial charge < -0.3 is 0 Å². The lowest BCUT2D eigenvalue weighted by molar-refractivity contribution is 0.630. The smallest absolute Gasteiger partial charge is 0.0482 e. The van der Waals surface area contributed by atoms with E-state index in [2.05, 4.69) is 48.3 Å². The molecule has 0 spiro atoms. The third-order valence-electron chi connectivity index (χ3n) is 3.29. The molecule has 2 nitrogen and oxygen atoms in total. The molecule has 94 valence electrons. The second kappa shape index (κ2) is 6.20. The molecule has 1 aliphatic rings. The second-order valence-corrected chi connectivity index (χ2v) is 4.54. The van der Waals surface area contributed by atoms with Crippen LogP contribution in [0, 0.1) is 5.92 Å². The minimum atomic E-state index is 0.342. The Labute approximate surface area is 108 Å². The third kappa shape index (κ3) is 2.70. The highest BCUT2D eigenvalue weighted by Crippen LogP contribution is 2.17. The standard InChI is InChI=1S/C16H20N2/c1-3-5-8-13(4-2)16-15-10-7-6-9-14(15)11-12-17-18-16/h4,6-7,9-13,18H,2-3,5,8H2,1H3. The highest BCUT2D eigenvalue weighted by Gasteiger charge is 2.12. The summed E-state index contributed by atoms with van der Waals surface area (Å²) in [6, 6.07) is 8.39. The summed E-state index contributed by atoms with van der Waals surface area (Å²) in [6.07, 6.45) is 9.40. The largest absolute Gasteiger partial charge is 0.281 e. The van der Waals surface area contributed by atoms with Crippen LogP contribution < -0.4 is 15.9 Å². The van der Waals surface area contributed by atoms with Gasteiger partial charge >= 0.3 is 0 Å². The van der Waals surface area contributed by atoms with Gasteiger partial charge in [-0.1, -0.05) is 50.1 Å². The quantitative estimate of drug-likeness (QED) is 0.784. The van der Waals surface area contributed by atoms with Crippen LogP contribution in [0.4, 0.5) is 0 Å². The van der Waals surface area contributed by atoms with Gasteiger partial charge in [0.15, 0.2) is 0 Å². The van der Waals surface area contributed by atoms with E-state index in [4.69, 9.17) is 0 Å². The van der Waals surface area contributed by atoms with Gasteiger partial charge in [-0.2, -0.15) is 5.10 Å². The van der Waals surface area contributed by atoms with Crippen LogP contribution in [0.3, 0.4) is 0 Å². The summed E-state index contributed by atoms with van der Waals surface area (Å²) >= 11 is 0. The molecule has 1 aliphatic heterocycles. The highest BCUT2D eigenvalue weighted by molar-refractivity contribution is 5.91. The number of nitrogens with one attached hydrogen (secondary N) is 1. The molecule has 0 fully saturated rings. The topological polar surface area (TPSA) is 24.4 Å². The number of rotatable bonds is 5. The van der Waals surface area contributed by atoms with Crippen molar-refractivity contribution < 1.29 is 0 Å². The summed E-state index contributed by atoms with van der Waals surface area (Å²) in [4.78, 5) is 0. The average molecular weight is 240 g/mol. The predicted molar refractivity (Wildman–Crippen MR) is 78.4 cm³/mol. The number of hydrogen-bond acceptors (Lipinski definition) is 2. The van der Waals surface area contributed by atoms with E-state index in [0.717, 1.165) is 6.42 Å². The maximum atomic E-state index is 4.23. The summed E-state index contributed by atoms with van der Waals surface area (Å²) in [5.74, 6) is 0.342. The van der Waals surface area contributed by atoms with E-state index in [9.17, 15) is 0 Å². The van der Waals surface area contributed by atoms with Gasteiger partial charge in [-0.25, -0.2) is 0 Å². The number of unbranched alkanes of at least 4 members (excludes halogenated alkanes) is 1. The molecule has 2 heteroatoms. The van der Waals surface area contributed by atoms with E-state index >= 15 is 0 Å². The summed E-state index contributed by atoms with van der Waals surface area (Å²) in [5.41, 5.74) is 4.35. The Morgan fingerprint density at radius 3 is 3.00 bits per heavy atom. The zero-order valence-electron chi connectivity index (χ0n) is 10.9. The molecule has 1 N–H and O–H groups in total. The number of benzene rings is 1. The van der Waals surface area contributed by atoms with Crippen LogP contribution in [-0.4, -0.2) is 6.21 Å². The van der Waals surface area contributed by atoms with Crippen molar-refractivity contribution in [3.63, 3.8) is 0 Å². The molecule has 1 aromatic rings. The molecule has 0 radical (unpaired) electrons. The summed E-state index contributed by atoms with van der Waals surface area (Å²) in [5, 5.41) is 6.67. The van der Waals surface area contributed by atoms with Gasteiger partial charge in [-0.05, 0) is 17.7 Å². The Morgan fingerprint density at radius 1 is 1.39 bits per heavy atom. The van der Waals surface area contributed by atoms with Crippen LogP contribution in [0.25, 0.3) is 11.8 Å². The zero-order chi connectivity index (χ0) is 12.8. The molecule has 2 rings (SSSR count). The fraction of sp³-hybridized carbons (Fsp3) is 0.312. The van der Waals surface area contributed by atoms with Crippen LogP contribution in [0.2, 0.25) is 0 Å². The number of hydrogen-bond donors (Lipinski definition) is 1. The van der Waals surface area contributed by atoms with Crippen molar-refractivity contribution in [2.24, 2.45) is 11.0 Å². The van der Waals surface area contributed by atoms with Gasteiger partial charge in [0.1, 0.15) is 0 Å². The molecule has 0 amide bonds. The van der Waals surface area contributed by atoms with E-state index in [1.807, 2.05) is 18.4 Å². The highest BCUT2D eigenvalue weighted by atomic mass is 15.3. The first kappa shape index (κ1) is 12.6. The molecule has 0 aliphatic carbocycles. The number of hydrazone groups is 1. The van der Waals surface area contributed by atoms with E-state index in [0.29, 0.717) is 5.92 Å². The first-order valence-corrected chi connectivity index (χ1v) is 6.58. The van der Waals surface area contributed by atoms with Gasteiger partial charge in [-0.3, -0.25) is 5.43 Å². The zero-order valence-corrected chi connectivity index (χ0v) is 10.9. The van der Waals surface area contributed by atoms with Gasteiger partial charge in [0.25, 0.3) is 0 Å². The Kier molecular flexibility index (Phi) is 4.35. The first-order chi connectivity index (χ1) is 8.86. The van der Waals surface area contributed by atoms with Crippen molar-refractivity contribution >= 4 is 18.0 Å². The van der Waals surface area contributed by atoms with Crippen molar-refractivity contribution in [1.29, 1.82) is 0 Å². The molecule has 0 aromatic heterocycles. The van der Waals surface area contributed by atoms with Crippen molar-refractivity contribution in [3.8, 4) is 0 Å². The van der Waals surface area contributed by atoms with Crippen LogP contribution in [0.1, 0.15) is 26.2 Å². The summed E-state index contributed by atoms with van der Waals surface area (Å²) < 4.78 is 0. The Balaban J connectivity index is 2.50. The van der Waals surface area contributed by atoms with Crippen LogP contribution in [0.15, 0.2) is 42.0 Å². The van der Waals surface area contributed by atoms with E-state index in [1.165, 1.54) is 29.0 Å². The van der Waals surface area contributed by atoms with Crippen LogP contribution in [-0.2, 0) is 0 Å². The Bertz CT molecular complexity index is 555. The second-order valence-electron chi connectivity index (χ2n) is 4.54. The van der Waals surface area contributed by atoms with Crippen molar-refractivity contribution in [2.75, 3.05) is 0 Å². The third-order valence-corrected chi connectivity index (χ3v) is 3.29. The summed E-state index contributed by atoms with van der Waals surface area (Å²) in [7, 11) is 0. The van der Waals surface area contributed by atoms with Gasteiger partial charge in [0.05, 0.1) is 0 Å². The number of fused-ring (bicyclic) bond motifs is 1. The minimum Gasteiger partial charge on any atom is -0.281 e. The van der Waals surface area contributed by atoms with E-state index < -0.39 is 0 Å². The normalized spacial score (nSPS) is 15.1. The van der Waals surface area contributed by atoms with Crippen LogP contribution >= 0.6 is 0 Å². The predicted octanol–water partition coefficient (Wildman–Crippen LogP) is 2.16.